The van der Waals surface area contributed by atoms with Crippen molar-refractivity contribution in [1.82, 2.24) is 24.9 Å². The molecule has 0 saturated carbocycles. The molecule has 3 amide bonds. The Balaban J connectivity index is 1.35. The Labute approximate surface area is 247 Å². The molecule has 2 aromatic carbocycles. The van der Waals surface area contributed by atoms with E-state index in [9.17, 15) is 14.9 Å². The standard InChI is InChI=1S/C31H31BrN6O3/c1-20(2)41-28-11-10-23(16-24(28)17-33)30(39)35-25(18-38-14-4-12-34-31(38)40)15-21-6-8-22(9-7-21)27-19-37-13-3-5-26(32)29(37)36-27/h3,5-11,13,16,19-20,25H,4,12,14-15,18H2,1-2H3,(H,34,40)(H,35,39)/t25-/m0/s1. The summed E-state index contributed by atoms with van der Waals surface area (Å²) >= 11 is 3.55. The van der Waals surface area contributed by atoms with Gasteiger partial charge in [0.15, 0.2) is 5.65 Å². The molecule has 41 heavy (non-hydrogen) atoms. The molecule has 9 nitrogen and oxygen atoms in total. The number of urea groups is 1. The maximum atomic E-state index is 13.3. The highest BCUT2D eigenvalue weighted by Crippen LogP contribution is 2.24. The summed E-state index contributed by atoms with van der Waals surface area (Å²) < 4.78 is 8.59. The number of carbonyl (C=O) groups excluding carboxylic acids is 2. The summed E-state index contributed by atoms with van der Waals surface area (Å²) in [4.78, 5) is 32.3. The van der Waals surface area contributed by atoms with Gasteiger partial charge in [-0.1, -0.05) is 24.3 Å². The van der Waals surface area contributed by atoms with Gasteiger partial charge in [-0.05, 0) is 78.5 Å². The first-order valence-electron chi connectivity index (χ1n) is 13.6. The van der Waals surface area contributed by atoms with Crippen molar-refractivity contribution >= 4 is 33.5 Å². The van der Waals surface area contributed by atoms with Crippen LogP contribution in [0.2, 0.25) is 0 Å². The van der Waals surface area contributed by atoms with Crippen LogP contribution in [0.25, 0.3) is 16.9 Å². The predicted octanol–water partition coefficient (Wildman–Crippen LogP) is 5.18. The van der Waals surface area contributed by atoms with Gasteiger partial charge in [0.05, 0.1) is 27.9 Å². The normalized spacial score (nSPS) is 14.0. The minimum Gasteiger partial charge on any atom is -0.490 e. The van der Waals surface area contributed by atoms with Gasteiger partial charge in [-0.25, -0.2) is 9.78 Å². The number of nitrogens with one attached hydrogen (secondary N) is 2. The summed E-state index contributed by atoms with van der Waals surface area (Å²) in [7, 11) is 0. The van der Waals surface area contributed by atoms with Crippen LogP contribution in [0, 0.1) is 11.3 Å². The fraction of sp³-hybridized carbons (Fsp3) is 0.290. The number of pyridine rings is 1. The van der Waals surface area contributed by atoms with Crippen LogP contribution >= 0.6 is 15.9 Å². The van der Waals surface area contributed by atoms with Gasteiger partial charge < -0.3 is 24.7 Å². The Hall–Kier alpha value is -4.36. The molecule has 0 aliphatic carbocycles. The van der Waals surface area contributed by atoms with Gasteiger partial charge in [-0.2, -0.15) is 5.26 Å². The lowest BCUT2D eigenvalue weighted by atomic mass is 10.0. The number of halogens is 1. The average molecular weight is 616 g/mol. The SMILES string of the molecule is CC(C)Oc1ccc(C(=O)N[C@@H](Cc2ccc(-c3cn4cccc(Br)c4n3)cc2)CN2CCCNC2=O)cc1C#N. The lowest BCUT2D eigenvalue weighted by Gasteiger charge is -2.31. The monoisotopic (exact) mass is 614 g/mol. The van der Waals surface area contributed by atoms with Gasteiger partial charge in [0.2, 0.25) is 0 Å². The van der Waals surface area contributed by atoms with E-state index in [1.54, 1.807) is 23.1 Å². The van der Waals surface area contributed by atoms with Gasteiger partial charge in [0.1, 0.15) is 11.8 Å². The number of amides is 3. The van der Waals surface area contributed by atoms with Crippen LogP contribution in [0.5, 0.6) is 5.75 Å². The van der Waals surface area contributed by atoms with Crippen LogP contribution in [-0.4, -0.2) is 58.0 Å². The first-order valence-corrected chi connectivity index (χ1v) is 14.4. The molecule has 1 saturated heterocycles. The van der Waals surface area contributed by atoms with Crippen molar-refractivity contribution in [2.24, 2.45) is 0 Å². The highest BCUT2D eigenvalue weighted by atomic mass is 79.9. The van der Waals surface area contributed by atoms with Crippen LogP contribution in [0.3, 0.4) is 0 Å². The Kier molecular flexibility index (Phi) is 8.55. The Morgan fingerprint density at radius 2 is 2.02 bits per heavy atom. The Morgan fingerprint density at radius 1 is 1.22 bits per heavy atom. The van der Waals surface area contributed by atoms with E-state index < -0.39 is 0 Å². The van der Waals surface area contributed by atoms with E-state index in [0.29, 0.717) is 42.9 Å². The second-order valence-electron chi connectivity index (χ2n) is 10.3. The highest BCUT2D eigenvalue weighted by Gasteiger charge is 2.24. The van der Waals surface area contributed by atoms with Crippen LogP contribution in [0.15, 0.2) is 71.5 Å². The van der Waals surface area contributed by atoms with E-state index in [1.807, 2.05) is 67.0 Å². The molecule has 0 spiro atoms. The lowest BCUT2D eigenvalue weighted by molar-refractivity contribution is 0.0924. The summed E-state index contributed by atoms with van der Waals surface area (Å²) in [6.07, 6.45) is 5.22. The first kappa shape index (κ1) is 28.2. The number of nitrogens with zero attached hydrogens (tertiary/aromatic N) is 4. The molecular weight excluding hydrogens is 584 g/mol. The van der Waals surface area contributed by atoms with Crippen molar-refractivity contribution in [3.63, 3.8) is 0 Å². The second-order valence-corrected chi connectivity index (χ2v) is 11.2. The number of nitriles is 1. The number of aromatic nitrogens is 2. The zero-order chi connectivity index (χ0) is 28.9. The summed E-state index contributed by atoms with van der Waals surface area (Å²) in [6, 6.07) is 18.5. The molecule has 1 aliphatic heterocycles. The summed E-state index contributed by atoms with van der Waals surface area (Å²) in [5, 5.41) is 15.6. The third-order valence-electron chi connectivity index (χ3n) is 6.84. The van der Waals surface area contributed by atoms with Crippen LogP contribution < -0.4 is 15.4 Å². The summed E-state index contributed by atoms with van der Waals surface area (Å²) in [5.41, 5.74) is 4.36. The lowest BCUT2D eigenvalue weighted by Crippen LogP contribution is -2.52. The maximum Gasteiger partial charge on any atom is 0.317 e. The van der Waals surface area contributed by atoms with Gasteiger partial charge in [0.25, 0.3) is 5.91 Å². The van der Waals surface area contributed by atoms with Crippen LogP contribution in [0.4, 0.5) is 4.79 Å². The van der Waals surface area contributed by atoms with Gasteiger partial charge >= 0.3 is 6.03 Å². The third kappa shape index (κ3) is 6.69. The predicted molar refractivity (Wildman–Crippen MR) is 160 cm³/mol. The van der Waals surface area contributed by atoms with Crippen molar-refractivity contribution in [2.45, 2.75) is 38.8 Å². The minimum atomic E-state index is -0.347. The van der Waals surface area contributed by atoms with Crippen molar-refractivity contribution in [1.29, 1.82) is 5.26 Å². The fourth-order valence-corrected chi connectivity index (χ4v) is 5.32. The number of fused-ring (bicyclic) bond motifs is 1. The van der Waals surface area contributed by atoms with Crippen molar-refractivity contribution in [3.8, 4) is 23.1 Å². The van der Waals surface area contributed by atoms with Crippen LogP contribution in [0.1, 0.15) is 41.8 Å². The Morgan fingerprint density at radius 3 is 2.73 bits per heavy atom. The van der Waals surface area contributed by atoms with E-state index in [1.165, 1.54) is 0 Å². The number of ether oxygens (including phenoxy) is 1. The largest absolute Gasteiger partial charge is 0.490 e. The van der Waals surface area contributed by atoms with Gasteiger partial charge in [-0.3, -0.25) is 4.79 Å². The topological polar surface area (TPSA) is 112 Å². The molecule has 4 aromatic rings. The summed E-state index contributed by atoms with van der Waals surface area (Å²) in [5.74, 6) is 0.130. The van der Waals surface area contributed by atoms with Crippen molar-refractivity contribution in [2.75, 3.05) is 19.6 Å². The molecule has 3 heterocycles. The van der Waals surface area contributed by atoms with Crippen molar-refractivity contribution < 1.29 is 14.3 Å². The molecule has 2 N–H and O–H groups in total. The van der Waals surface area contributed by atoms with Crippen molar-refractivity contribution in [3.05, 3.63) is 88.2 Å². The molecule has 10 heteroatoms. The molecule has 0 unspecified atom stereocenters. The number of benzene rings is 2. The second kappa shape index (κ2) is 12.4. The Bertz CT molecular complexity index is 1610. The van der Waals surface area contributed by atoms with E-state index >= 15 is 0 Å². The van der Waals surface area contributed by atoms with Gasteiger partial charge in [0, 0.05) is 43.2 Å². The maximum absolute atomic E-state index is 13.3. The smallest absolute Gasteiger partial charge is 0.317 e. The molecule has 5 rings (SSSR count). The number of carbonyl (C=O) groups is 2. The number of hydrogen-bond acceptors (Lipinski definition) is 5. The molecule has 2 aromatic heterocycles. The summed E-state index contributed by atoms with van der Waals surface area (Å²) in [6.45, 7) is 5.40. The molecule has 1 atom stereocenters. The minimum absolute atomic E-state index is 0.0946. The van der Waals surface area contributed by atoms with Gasteiger partial charge in [-0.15, -0.1) is 0 Å². The third-order valence-corrected chi connectivity index (χ3v) is 7.46. The van der Waals surface area contributed by atoms with E-state index in [4.69, 9.17) is 9.72 Å². The highest BCUT2D eigenvalue weighted by molar-refractivity contribution is 9.10. The molecule has 210 valence electrons. The quantitative estimate of drug-likeness (QED) is 0.270. The number of rotatable bonds is 9. The molecule has 0 bridgehead atoms. The fourth-order valence-electron chi connectivity index (χ4n) is 4.88. The zero-order valence-electron chi connectivity index (χ0n) is 22.9. The molecule has 1 fully saturated rings. The van der Waals surface area contributed by atoms with E-state index in [2.05, 4.69) is 32.6 Å². The number of imidazole rings is 1. The van der Waals surface area contributed by atoms with Crippen LogP contribution in [-0.2, 0) is 6.42 Å². The first-order chi connectivity index (χ1) is 19.8. The average Bonchev–Trinajstić information content (AvgIpc) is 3.40. The zero-order valence-corrected chi connectivity index (χ0v) is 24.5. The van der Waals surface area contributed by atoms with E-state index in [0.717, 1.165) is 33.4 Å². The molecular formula is C31H31BrN6O3. The van der Waals surface area contributed by atoms with E-state index in [-0.39, 0.29) is 24.1 Å². The molecule has 1 aliphatic rings. The molecule has 0 radical (unpaired) electrons. The number of hydrogen-bond donors (Lipinski definition) is 2.